The maximum absolute atomic E-state index is 14.2. The number of carbonyl (C=O) groups is 3. The molecule has 3 aromatic rings. The molecule has 0 radical (unpaired) electrons. The Morgan fingerprint density at radius 1 is 0.979 bits per heavy atom. The molecule has 1 saturated heterocycles. The second-order valence-corrected chi connectivity index (χ2v) is 11.1. The number of phenols is 1. The predicted octanol–water partition coefficient (Wildman–Crippen LogP) is 2.08. The van der Waals surface area contributed by atoms with Crippen LogP contribution in [0.25, 0.3) is 12.2 Å². The summed E-state index contributed by atoms with van der Waals surface area (Å²) in [7, 11) is 0. The number of fused-ring (bicyclic) bond motifs is 2. The molecule has 3 aromatic carbocycles. The molecule has 5 atom stereocenters. The summed E-state index contributed by atoms with van der Waals surface area (Å²) in [6.07, 6.45) is -2.89. The largest absolute Gasteiger partial charge is 0.507 e. The summed E-state index contributed by atoms with van der Waals surface area (Å²) >= 11 is 0. The van der Waals surface area contributed by atoms with Gasteiger partial charge in [-0.1, -0.05) is 36.4 Å². The Morgan fingerprint density at radius 3 is 2.36 bits per heavy atom. The van der Waals surface area contributed by atoms with Gasteiger partial charge < -0.3 is 45.7 Å². The first-order valence-electron chi connectivity index (χ1n) is 14.8. The van der Waals surface area contributed by atoms with E-state index < -0.39 is 54.0 Å². The van der Waals surface area contributed by atoms with Crippen molar-refractivity contribution in [1.82, 2.24) is 0 Å². The van der Waals surface area contributed by atoms with Crippen LogP contribution in [0.3, 0.4) is 0 Å². The van der Waals surface area contributed by atoms with E-state index in [0.717, 1.165) is 5.56 Å². The lowest BCUT2D eigenvalue weighted by molar-refractivity contribution is -0.278. The molecule has 1 aliphatic heterocycles. The number of aromatic hydroxyl groups is 1. The highest BCUT2D eigenvalue weighted by atomic mass is 16.7. The second kappa shape index (κ2) is 13.7. The molecule has 0 amide bonds. The van der Waals surface area contributed by atoms with Gasteiger partial charge in [-0.3, -0.25) is 19.4 Å². The summed E-state index contributed by atoms with van der Waals surface area (Å²) in [4.78, 5) is 43.8. The number of hydrogen-bond acceptors (Lipinski definition) is 11. The molecule has 0 spiro atoms. The first-order chi connectivity index (χ1) is 22.4. The van der Waals surface area contributed by atoms with Crippen LogP contribution in [0.5, 0.6) is 17.2 Å². The van der Waals surface area contributed by atoms with E-state index in [-0.39, 0.29) is 64.0 Å². The molecule has 1 heterocycles. The second-order valence-electron chi connectivity index (χ2n) is 11.1. The van der Waals surface area contributed by atoms with Gasteiger partial charge in [0.15, 0.2) is 17.5 Å². The van der Waals surface area contributed by atoms with Crippen molar-refractivity contribution in [3.63, 3.8) is 0 Å². The average Bonchev–Trinajstić information content (AvgIpc) is 3.03. The van der Waals surface area contributed by atoms with E-state index >= 15 is 0 Å². The minimum Gasteiger partial charge on any atom is -0.507 e. The highest BCUT2D eigenvalue weighted by Gasteiger charge is 2.45. The van der Waals surface area contributed by atoms with E-state index in [1.807, 2.05) is 30.3 Å². The number of ketones is 2. The molecule has 246 valence electrons. The number of phenolic OH excluding ortho intramolecular Hbond substituents is 1. The summed E-state index contributed by atoms with van der Waals surface area (Å²) in [6, 6.07) is 13.3. The van der Waals surface area contributed by atoms with E-state index in [9.17, 15) is 29.7 Å². The van der Waals surface area contributed by atoms with Gasteiger partial charge in [-0.2, -0.15) is 0 Å². The third kappa shape index (κ3) is 6.74. The van der Waals surface area contributed by atoms with Gasteiger partial charge in [0.25, 0.3) is 0 Å². The van der Waals surface area contributed by atoms with Crippen LogP contribution in [0.15, 0.2) is 53.5 Å². The molecule has 0 saturated carbocycles. The van der Waals surface area contributed by atoms with Crippen molar-refractivity contribution >= 4 is 35.6 Å². The summed E-state index contributed by atoms with van der Waals surface area (Å²) in [5.41, 5.74) is 11.4. The lowest BCUT2D eigenvalue weighted by Crippen LogP contribution is -2.59. The van der Waals surface area contributed by atoms with Crippen LogP contribution in [-0.4, -0.2) is 82.7 Å². The zero-order valence-electron chi connectivity index (χ0n) is 25.9. The molecule has 7 N–H and O–H groups in total. The van der Waals surface area contributed by atoms with Crippen LogP contribution in [-0.2, 0) is 14.3 Å². The van der Waals surface area contributed by atoms with Crippen molar-refractivity contribution in [3.05, 3.63) is 87.5 Å². The highest BCUT2D eigenvalue weighted by molar-refractivity contribution is 6.31. The lowest BCUT2D eigenvalue weighted by Gasteiger charge is -2.41. The maximum atomic E-state index is 14.2. The van der Waals surface area contributed by atoms with Gasteiger partial charge >= 0.3 is 5.97 Å². The maximum Gasteiger partial charge on any atom is 0.308 e. The Morgan fingerprint density at radius 2 is 1.68 bits per heavy atom. The molecular formula is C34H35N3O10. The highest BCUT2D eigenvalue weighted by Crippen LogP contribution is 2.43. The van der Waals surface area contributed by atoms with E-state index in [4.69, 9.17) is 30.4 Å². The minimum atomic E-state index is -1.44. The number of esters is 1. The van der Waals surface area contributed by atoms with Crippen LogP contribution in [0.2, 0.25) is 0 Å². The number of rotatable bonds is 9. The van der Waals surface area contributed by atoms with Gasteiger partial charge in [-0.05, 0) is 43.7 Å². The zero-order chi connectivity index (χ0) is 34.0. The summed E-state index contributed by atoms with van der Waals surface area (Å²) < 4.78 is 23.0. The van der Waals surface area contributed by atoms with E-state index in [2.05, 4.69) is 4.99 Å². The van der Waals surface area contributed by atoms with Gasteiger partial charge in [0, 0.05) is 34.7 Å². The molecule has 0 unspecified atom stereocenters. The smallest absolute Gasteiger partial charge is 0.308 e. The van der Waals surface area contributed by atoms with Crippen LogP contribution in [0.4, 0.5) is 0 Å². The van der Waals surface area contributed by atoms with Gasteiger partial charge in [0.05, 0.1) is 24.8 Å². The van der Waals surface area contributed by atoms with Crippen LogP contribution in [0.1, 0.15) is 62.4 Å². The van der Waals surface area contributed by atoms with Gasteiger partial charge in [0.2, 0.25) is 6.29 Å². The van der Waals surface area contributed by atoms with Crippen molar-refractivity contribution in [2.45, 2.75) is 51.5 Å². The molecule has 2 aliphatic rings. The van der Waals surface area contributed by atoms with Crippen LogP contribution < -0.4 is 20.9 Å². The van der Waals surface area contributed by atoms with Gasteiger partial charge in [-0.25, -0.2) is 0 Å². The average molecular weight is 646 g/mol. The standard InChI is InChI=1S/C34H35N3O10/c1-16-24(47-33-32(44-14-13-37-34(35)36)31(43)28(40)17(2)45-33)15-22-26(27(16)39)29(41)21-11-12-23(46-18(3)38)20(25(21)30(22)42)10-9-19-7-5-4-6-8-19/h4-12,15,17,28,31-33,39-40,43H,13-14H2,1-3H3,(H4,35,36,37)/t17-,28+,31+,32+,33-/m0/s1. The molecule has 5 rings (SSSR count). The third-order valence-corrected chi connectivity index (χ3v) is 7.87. The first-order valence-corrected chi connectivity index (χ1v) is 14.8. The molecule has 0 aromatic heterocycles. The normalized spacial score (nSPS) is 22.0. The number of guanidine groups is 1. The molecule has 1 aliphatic carbocycles. The quantitative estimate of drug-likeness (QED) is 0.0442. The first kappa shape index (κ1) is 33.3. The Balaban J connectivity index is 1.56. The Labute approximate surface area is 270 Å². The summed E-state index contributed by atoms with van der Waals surface area (Å²) in [5, 5.41) is 32.5. The van der Waals surface area contributed by atoms with Crippen molar-refractivity contribution < 1.29 is 48.7 Å². The van der Waals surface area contributed by atoms with Gasteiger partial charge in [-0.15, -0.1) is 0 Å². The fourth-order valence-corrected chi connectivity index (χ4v) is 5.49. The fraction of sp³-hybridized carbons (Fsp3) is 0.294. The van der Waals surface area contributed by atoms with Gasteiger partial charge in [0.1, 0.15) is 35.6 Å². The number of aliphatic hydroxyl groups excluding tert-OH is 2. The monoisotopic (exact) mass is 645 g/mol. The number of ether oxygens (including phenoxy) is 4. The Kier molecular flexibility index (Phi) is 9.72. The number of aliphatic hydroxyl groups is 2. The minimum absolute atomic E-state index is 0.0188. The number of aliphatic imine (C=N–C) groups is 1. The summed E-state index contributed by atoms with van der Waals surface area (Å²) in [6.45, 7) is 4.23. The van der Waals surface area contributed by atoms with Crippen molar-refractivity contribution in [1.29, 1.82) is 0 Å². The van der Waals surface area contributed by atoms with E-state index in [1.54, 1.807) is 12.2 Å². The van der Waals surface area contributed by atoms with Crippen molar-refractivity contribution in [2.24, 2.45) is 16.5 Å². The van der Waals surface area contributed by atoms with Crippen LogP contribution in [0, 0.1) is 6.92 Å². The topological polar surface area (TPSA) is 213 Å². The summed E-state index contributed by atoms with van der Waals surface area (Å²) in [5.74, 6) is -2.48. The zero-order valence-corrected chi connectivity index (χ0v) is 25.9. The number of nitrogens with zero attached hydrogens (tertiary/aromatic N) is 1. The number of benzene rings is 3. The third-order valence-electron chi connectivity index (χ3n) is 7.87. The van der Waals surface area contributed by atoms with Crippen LogP contribution >= 0.6 is 0 Å². The van der Waals surface area contributed by atoms with Crippen molar-refractivity contribution in [2.75, 3.05) is 13.2 Å². The van der Waals surface area contributed by atoms with E-state index in [0.29, 0.717) is 0 Å². The molecule has 13 heteroatoms. The molecular weight excluding hydrogens is 610 g/mol. The fourth-order valence-electron chi connectivity index (χ4n) is 5.49. The Hall–Kier alpha value is -5.08. The SMILES string of the molecule is CC(=O)Oc1ccc2c(c1C=Cc1ccccc1)C(=O)c1cc(O[C@@H]3O[C@@H](C)[C@@H](O)[C@@H](O)[C@H]3OCCN=C(N)N)c(C)c(O)c1C2=O. The molecule has 13 nitrogen and oxygen atoms in total. The number of hydrogen-bond donors (Lipinski definition) is 5. The van der Waals surface area contributed by atoms with Crippen molar-refractivity contribution in [3.8, 4) is 17.2 Å². The lowest BCUT2D eigenvalue weighted by atomic mass is 9.80. The number of nitrogens with two attached hydrogens (primary N) is 2. The molecule has 1 fully saturated rings. The Bertz CT molecular complexity index is 1770. The molecule has 47 heavy (non-hydrogen) atoms. The number of carbonyl (C=O) groups excluding carboxylic acids is 3. The molecule has 0 bridgehead atoms. The predicted molar refractivity (Wildman–Crippen MR) is 170 cm³/mol. The van der Waals surface area contributed by atoms with E-state index in [1.165, 1.54) is 39.0 Å².